The highest BCUT2D eigenvalue weighted by atomic mass is 19.4. The van der Waals surface area contributed by atoms with E-state index < -0.39 is 29.2 Å². The average molecular weight is 466 g/mol. The molecular formula is C22H16F6N4O. The highest BCUT2D eigenvalue weighted by Gasteiger charge is 2.33. The van der Waals surface area contributed by atoms with Crippen LogP contribution in [0.25, 0.3) is 28.0 Å². The minimum atomic E-state index is -4.61. The monoisotopic (exact) mass is 466 g/mol. The van der Waals surface area contributed by atoms with E-state index in [9.17, 15) is 31.1 Å². The number of pyridine rings is 1. The van der Waals surface area contributed by atoms with Crippen LogP contribution in [-0.2, 0) is 19.4 Å². The second-order valence-corrected chi connectivity index (χ2v) is 7.54. The molecule has 0 N–H and O–H groups in total. The lowest BCUT2D eigenvalue weighted by Crippen LogP contribution is -2.22. The van der Waals surface area contributed by atoms with Crippen molar-refractivity contribution >= 4 is 5.65 Å². The summed E-state index contributed by atoms with van der Waals surface area (Å²) in [5, 5.41) is 4.26. The van der Waals surface area contributed by atoms with Gasteiger partial charge in [-0.3, -0.25) is 9.78 Å². The molecular weight excluding hydrogens is 450 g/mol. The Morgan fingerprint density at radius 3 is 1.97 bits per heavy atom. The van der Waals surface area contributed by atoms with Gasteiger partial charge in [-0.1, -0.05) is 12.1 Å². The summed E-state index contributed by atoms with van der Waals surface area (Å²) in [5.74, 6) is 0. The Morgan fingerprint density at radius 2 is 1.45 bits per heavy atom. The van der Waals surface area contributed by atoms with Crippen LogP contribution >= 0.6 is 0 Å². The second-order valence-electron chi connectivity index (χ2n) is 7.54. The summed E-state index contributed by atoms with van der Waals surface area (Å²) in [6, 6.07) is 6.49. The summed E-state index contributed by atoms with van der Waals surface area (Å²) < 4.78 is 80.3. The molecule has 5 nitrogen and oxygen atoms in total. The number of aryl methyl sites for hydroxylation is 2. The molecule has 0 amide bonds. The van der Waals surface area contributed by atoms with Gasteiger partial charge in [0.2, 0.25) is 0 Å². The topological polar surface area (TPSA) is 52.2 Å². The van der Waals surface area contributed by atoms with E-state index in [4.69, 9.17) is 0 Å². The first kappa shape index (κ1) is 22.6. The van der Waals surface area contributed by atoms with Crippen molar-refractivity contribution in [1.29, 1.82) is 0 Å². The molecule has 0 fully saturated rings. The maximum atomic E-state index is 13.0. The number of nitrogens with zero attached hydrogens (tertiary/aromatic N) is 4. The number of hydrogen-bond donors (Lipinski definition) is 0. The van der Waals surface area contributed by atoms with Gasteiger partial charge in [0.25, 0.3) is 5.56 Å². The van der Waals surface area contributed by atoms with Crippen LogP contribution in [0.5, 0.6) is 0 Å². The third kappa shape index (κ3) is 3.77. The number of aromatic nitrogens is 4. The summed E-state index contributed by atoms with van der Waals surface area (Å²) in [4.78, 5) is 16.5. The molecule has 0 unspecified atom stereocenters. The highest BCUT2D eigenvalue weighted by Crippen LogP contribution is 2.35. The zero-order valence-corrected chi connectivity index (χ0v) is 17.5. The Balaban J connectivity index is 1.96. The van der Waals surface area contributed by atoms with E-state index in [0.29, 0.717) is 22.5 Å². The van der Waals surface area contributed by atoms with E-state index in [2.05, 4.69) is 10.1 Å². The third-order valence-electron chi connectivity index (χ3n) is 5.39. The minimum absolute atomic E-state index is 0.230. The standard InChI is InChI=1S/C22H16F6N4O/c1-11-18(14-6-9-16(29-10-14)22(26,27)28)31(3)19-17(12(2)30-32(19)20(11)33)13-4-7-15(8-5-13)21(23,24)25/h4-10H,1-3H3. The van der Waals surface area contributed by atoms with Crippen molar-refractivity contribution in [3.05, 3.63) is 75.5 Å². The molecule has 1 aromatic carbocycles. The smallest absolute Gasteiger partial charge is 0.328 e. The summed E-state index contributed by atoms with van der Waals surface area (Å²) in [7, 11) is 1.60. The normalized spacial score (nSPS) is 12.5. The summed E-state index contributed by atoms with van der Waals surface area (Å²) in [5.41, 5.74) is -0.0197. The zero-order valence-electron chi connectivity index (χ0n) is 17.5. The number of fused-ring (bicyclic) bond motifs is 1. The van der Waals surface area contributed by atoms with Crippen LogP contribution in [0, 0.1) is 13.8 Å². The molecule has 11 heteroatoms. The first-order chi connectivity index (χ1) is 15.3. The molecule has 4 rings (SSSR count). The second kappa shape index (κ2) is 7.46. The predicted octanol–water partition coefficient (Wildman–Crippen LogP) is 5.42. The van der Waals surface area contributed by atoms with E-state index in [1.54, 1.807) is 18.5 Å². The van der Waals surface area contributed by atoms with Crippen LogP contribution in [0.4, 0.5) is 26.3 Å². The van der Waals surface area contributed by atoms with Crippen LogP contribution in [0.3, 0.4) is 0 Å². The van der Waals surface area contributed by atoms with Gasteiger partial charge in [-0.2, -0.15) is 36.0 Å². The fourth-order valence-corrected chi connectivity index (χ4v) is 3.86. The molecule has 0 aliphatic carbocycles. The molecule has 172 valence electrons. The molecule has 33 heavy (non-hydrogen) atoms. The third-order valence-corrected chi connectivity index (χ3v) is 5.39. The molecule has 0 aliphatic heterocycles. The molecule has 0 spiro atoms. The highest BCUT2D eigenvalue weighted by molar-refractivity contribution is 5.82. The van der Waals surface area contributed by atoms with Crippen LogP contribution in [-0.4, -0.2) is 19.2 Å². The Kier molecular flexibility index (Phi) is 5.10. The van der Waals surface area contributed by atoms with E-state index in [0.717, 1.165) is 28.9 Å². The van der Waals surface area contributed by atoms with Gasteiger partial charge in [0.1, 0.15) is 11.3 Å². The maximum Gasteiger partial charge on any atom is 0.433 e. The minimum Gasteiger partial charge on any atom is -0.328 e. The molecule has 3 heterocycles. The molecule has 0 aliphatic rings. The molecule has 4 aromatic rings. The number of rotatable bonds is 2. The molecule has 0 saturated heterocycles. The first-order valence-corrected chi connectivity index (χ1v) is 9.61. The van der Waals surface area contributed by atoms with Crippen LogP contribution in [0.1, 0.15) is 22.5 Å². The molecule has 0 bridgehead atoms. The van der Waals surface area contributed by atoms with Gasteiger partial charge in [0.15, 0.2) is 0 Å². The van der Waals surface area contributed by atoms with Gasteiger partial charge in [-0.05, 0) is 43.7 Å². The number of benzene rings is 1. The Hall–Kier alpha value is -3.63. The van der Waals surface area contributed by atoms with Crippen molar-refractivity contribution in [3.63, 3.8) is 0 Å². The van der Waals surface area contributed by atoms with Crippen molar-refractivity contribution in [2.24, 2.45) is 7.05 Å². The quantitative estimate of drug-likeness (QED) is 0.371. The Morgan fingerprint density at radius 1 is 0.848 bits per heavy atom. The Bertz CT molecular complexity index is 1410. The SMILES string of the molecule is Cc1nn2c(=O)c(C)c(-c3ccc(C(F)(F)F)nc3)n(C)c2c1-c1ccc(C(F)(F)F)cc1. The summed E-state index contributed by atoms with van der Waals surface area (Å²) in [6.07, 6.45) is -8.08. The van der Waals surface area contributed by atoms with Gasteiger partial charge in [-0.25, -0.2) is 0 Å². The lowest BCUT2D eigenvalue weighted by atomic mass is 10.0. The van der Waals surface area contributed by atoms with Crippen molar-refractivity contribution in [2.75, 3.05) is 0 Å². The van der Waals surface area contributed by atoms with Crippen LogP contribution in [0.2, 0.25) is 0 Å². The Labute approximate surface area is 182 Å². The lowest BCUT2D eigenvalue weighted by molar-refractivity contribution is -0.141. The van der Waals surface area contributed by atoms with Gasteiger partial charge in [-0.15, -0.1) is 0 Å². The summed E-state index contributed by atoms with van der Waals surface area (Å²) >= 11 is 0. The van der Waals surface area contributed by atoms with Gasteiger partial charge in [0.05, 0.1) is 17.0 Å². The van der Waals surface area contributed by atoms with Crippen molar-refractivity contribution in [1.82, 2.24) is 19.2 Å². The van der Waals surface area contributed by atoms with Crippen LogP contribution in [0.15, 0.2) is 47.4 Å². The summed E-state index contributed by atoms with van der Waals surface area (Å²) in [6.45, 7) is 3.14. The van der Waals surface area contributed by atoms with Crippen LogP contribution < -0.4 is 5.56 Å². The van der Waals surface area contributed by atoms with Crippen molar-refractivity contribution in [3.8, 4) is 22.4 Å². The number of halogens is 6. The van der Waals surface area contributed by atoms with Crippen molar-refractivity contribution < 1.29 is 26.3 Å². The maximum absolute atomic E-state index is 13.0. The zero-order chi connectivity index (χ0) is 24.3. The van der Waals surface area contributed by atoms with E-state index >= 15 is 0 Å². The van der Waals surface area contributed by atoms with E-state index in [1.807, 2.05) is 0 Å². The molecule has 0 atom stereocenters. The van der Waals surface area contributed by atoms with Gasteiger partial charge < -0.3 is 4.57 Å². The molecule has 0 saturated carbocycles. The van der Waals surface area contributed by atoms with E-state index in [-0.39, 0.29) is 16.8 Å². The van der Waals surface area contributed by atoms with Gasteiger partial charge >= 0.3 is 12.4 Å². The fourth-order valence-electron chi connectivity index (χ4n) is 3.86. The first-order valence-electron chi connectivity index (χ1n) is 9.61. The van der Waals surface area contributed by atoms with E-state index in [1.165, 1.54) is 25.1 Å². The average Bonchev–Trinajstić information content (AvgIpc) is 3.09. The number of alkyl halides is 6. The predicted molar refractivity (Wildman–Crippen MR) is 109 cm³/mol. The lowest BCUT2D eigenvalue weighted by Gasteiger charge is -2.16. The fraction of sp³-hybridized carbons (Fsp3) is 0.227. The van der Waals surface area contributed by atoms with Gasteiger partial charge in [0, 0.05) is 29.9 Å². The molecule has 0 radical (unpaired) electrons. The van der Waals surface area contributed by atoms with Crippen molar-refractivity contribution in [2.45, 2.75) is 26.2 Å². The largest absolute Gasteiger partial charge is 0.433 e. The number of hydrogen-bond acceptors (Lipinski definition) is 3. The molecule has 3 aromatic heterocycles.